The van der Waals surface area contributed by atoms with Gasteiger partial charge in [0.25, 0.3) is 0 Å². The number of hydrogen-bond acceptors (Lipinski definition) is 3. The summed E-state index contributed by atoms with van der Waals surface area (Å²) in [6, 6.07) is 26.9. The quantitative estimate of drug-likeness (QED) is 0.444. The third-order valence-electron chi connectivity index (χ3n) is 4.52. The van der Waals surface area contributed by atoms with E-state index in [4.69, 9.17) is 4.98 Å². The van der Waals surface area contributed by atoms with Crippen molar-refractivity contribution in [2.24, 2.45) is 0 Å². The fourth-order valence-corrected chi connectivity index (χ4v) is 3.23. The maximum absolute atomic E-state index is 4.85. The van der Waals surface area contributed by atoms with E-state index in [0.29, 0.717) is 0 Å². The van der Waals surface area contributed by atoms with Crippen LogP contribution in [0.15, 0.2) is 85.1 Å². The molecule has 2 heterocycles. The highest BCUT2D eigenvalue weighted by molar-refractivity contribution is 5.95. The molecule has 3 heteroatoms. The summed E-state index contributed by atoms with van der Waals surface area (Å²) in [5, 5.41) is 2.47. The molecule has 0 N–H and O–H groups in total. The smallest absolute Gasteiger partial charge is 0.133 e. The molecule has 0 radical (unpaired) electrons. The Morgan fingerprint density at radius 1 is 0.778 bits per heavy atom. The topological polar surface area (TPSA) is 29.0 Å². The molecular formula is C24H21N3. The van der Waals surface area contributed by atoms with Gasteiger partial charge in [-0.15, -0.1) is 0 Å². The molecule has 4 aromatic rings. The van der Waals surface area contributed by atoms with E-state index in [1.807, 2.05) is 42.5 Å². The van der Waals surface area contributed by atoms with Crippen LogP contribution in [-0.2, 0) is 0 Å². The van der Waals surface area contributed by atoms with Gasteiger partial charge in [0.2, 0.25) is 0 Å². The molecule has 4 rings (SSSR count). The lowest BCUT2D eigenvalue weighted by molar-refractivity contribution is 0.992. The van der Waals surface area contributed by atoms with Crippen LogP contribution in [0.5, 0.6) is 0 Å². The molecule has 0 atom stereocenters. The summed E-state index contributed by atoms with van der Waals surface area (Å²) >= 11 is 0. The van der Waals surface area contributed by atoms with E-state index < -0.39 is 0 Å². The second kappa shape index (κ2) is 7.83. The van der Waals surface area contributed by atoms with Crippen molar-refractivity contribution in [3.05, 3.63) is 96.4 Å². The number of benzene rings is 2. The van der Waals surface area contributed by atoms with Gasteiger partial charge in [-0.25, -0.2) is 4.98 Å². The van der Waals surface area contributed by atoms with Gasteiger partial charge in [-0.1, -0.05) is 48.5 Å². The van der Waals surface area contributed by atoms with Crippen LogP contribution in [0.25, 0.3) is 22.9 Å². The zero-order valence-electron chi connectivity index (χ0n) is 15.3. The van der Waals surface area contributed by atoms with Gasteiger partial charge in [-0.05, 0) is 54.8 Å². The Bertz CT molecular complexity index is 1070. The molecule has 0 spiro atoms. The predicted octanol–water partition coefficient (Wildman–Crippen LogP) is 5.96. The highest BCUT2D eigenvalue weighted by atomic mass is 15.2. The molecule has 0 fully saturated rings. The first-order valence-corrected chi connectivity index (χ1v) is 9.16. The highest BCUT2D eigenvalue weighted by Crippen LogP contribution is 2.31. The zero-order chi connectivity index (χ0) is 18.5. The zero-order valence-corrected chi connectivity index (χ0v) is 15.3. The molecule has 0 aliphatic rings. The molecule has 3 nitrogen and oxygen atoms in total. The number of fused-ring (bicyclic) bond motifs is 1. The molecule has 0 bridgehead atoms. The largest absolute Gasteiger partial charge is 0.326 e. The number of aromatic nitrogens is 2. The van der Waals surface area contributed by atoms with Gasteiger partial charge in [0.1, 0.15) is 5.82 Å². The summed E-state index contributed by atoms with van der Waals surface area (Å²) in [6.45, 7) is 2.99. The van der Waals surface area contributed by atoms with Gasteiger partial charge in [0.05, 0.1) is 17.1 Å². The summed E-state index contributed by atoms with van der Waals surface area (Å²) in [4.78, 5) is 11.4. The van der Waals surface area contributed by atoms with E-state index in [-0.39, 0.29) is 0 Å². The van der Waals surface area contributed by atoms with Crippen molar-refractivity contribution in [2.45, 2.75) is 6.92 Å². The Kier molecular flexibility index (Phi) is 4.93. The molecule has 2 aromatic carbocycles. The predicted molar refractivity (Wildman–Crippen MR) is 114 cm³/mol. The van der Waals surface area contributed by atoms with Crippen LogP contribution in [-0.4, -0.2) is 16.5 Å². The van der Waals surface area contributed by atoms with Crippen molar-refractivity contribution in [2.75, 3.05) is 11.4 Å². The maximum Gasteiger partial charge on any atom is 0.133 e. The van der Waals surface area contributed by atoms with Crippen molar-refractivity contribution >= 4 is 34.4 Å². The van der Waals surface area contributed by atoms with E-state index >= 15 is 0 Å². The molecule has 27 heavy (non-hydrogen) atoms. The van der Waals surface area contributed by atoms with Gasteiger partial charge in [0, 0.05) is 18.1 Å². The molecular weight excluding hydrogens is 330 g/mol. The Morgan fingerprint density at radius 3 is 2.37 bits per heavy atom. The van der Waals surface area contributed by atoms with Gasteiger partial charge < -0.3 is 4.90 Å². The molecule has 0 amide bonds. The average molecular weight is 351 g/mol. The Balaban J connectivity index is 1.70. The molecule has 0 saturated heterocycles. The fraction of sp³-hybridized carbons (Fsp3) is 0.0833. The minimum absolute atomic E-state index is 0.842. The van der Waals surface area contributed by atoms with E-state index in [1.54, 1.807) is 6.20 Å². The Morgan fingerprint density at radius 2 is 1.52 bits per heavy atom. The van der Waals surface area contributed by atoms with E-state index in [9.17, 15) is 0 Å². The van der Waals surface area contributed by atoms with Crippen molar-refractivity contribution in [1.29, 1.82) is 0 Å². The lowest BCUT2D eigenvalue weighted by Gasteiger charge is -2.24. The Labute approximate surface area is 159 Å². The lowest BCUT2D eigenvalue weighted by atomic mass is 10.1. The second-order valence-electron chi connectivity index (χ2n) is 6.25. The monoisotopic (exact) mass is 351 g/mol. The van der Waals surface area contributed by atoms with Gasteiger partial charge >= 0.3 is 0 Å². The van der Waals surface area contributed by atoms with Crippen molar-refractivity contribution in [3.63, 3.8) is 0 Å². The van der Waals surface area contributed by atoms with Crippen LogP contribution in [0.4, 0.5) is 11.5 Å². The van der Waals surface area contributed by atoms with E-state index in [0.717, 1.165) is 23.8 Å². The molecule has 132 valence electrons. The van der Waals surface area contributed by atoms with Gasteiger partial charge in [-0.3, -0.25) is 4.98 Å². The number of pyridine rings is 2. The number of anilines is 2. The normalized spacial score (nSPS) is 11.1. The summed E-state index contributed by atoms with van der Waals surface area (Å²) in [5.74, 6) is 0.942. The van der Waals surface area contributed by atoms with E-state index in [1.165, 1.54) is 16.5 Å². The number of rotatable bonds is 5. The second-order valence-corrected chi connectivity index (χ2v) is 6.25. The summed E-state index contributed by atoms with van der Waals surface area (Å²) in [7, 11) is 0. The molecule has 0 aliphatic carbocycles. The molecule has 0 saturated carbocycles. The molecule has 0 unspecified atom stereocenters. The van der Waals surface area contributed by atoms with Crippen molar-refractivity contribution in [3.8, 4) is 0 Å². The van der Waals surface area contributed by atoms with Gasteiger partial charge in [0.15, 0.2) is 0 Å². The van der Waals surface area contributed by atoms with Crippen molar-refractivity contribution in [1.82, 2.24) is 9.97 Å². The molecule has 0 aliphatic heterocycles. The van der Waals surface area contributed by atoms with Crippen LogP contribution in [0, 0.1) is 0 Å². The average Bonchev–Trinajstić information content (AvgIpc) is 2.74. The lowest BCUT2D eigenvalue weighted by Crippen LogP contribution is -2.17. The van der Waals surface area contributed by atoms with Crippen LogP contribution in [0.1, 0.15) is 18.3 Å². The van der Waals surface area contributed by atoms with Crippen LogP contribution >= 0.6 is 0 Å². The van der Waals surface area contributed by atoms with Crippen LogP contribution < -0.4 is 4.90 Å². The van der Waals surface area contributed by atoms with Crippen LogP contribution in [0.2, 0.25) is 0 Å². The number of hydrogen-bond donors (Lipinski definition) is 0. The minimum atomic E-state index is 0.842. The SMILES string of the molecule is CCN(c1cccc(/C=C/c2ccccn2)n1)c1cccc2ccccc12. The fourth-order valence-electron chi connectivity index (χ4n) is 3.23. The standard InChI is InChI=1S/C24H21N3/c1-2-27(23-14-7-10-19-9-3-4-13-22(19)23)24-15-8-12-21(26-24)17-16-20-11-5-6-18-25-20/h3-18H,2H2,1H3/b17-16+. The first-order chi connectivity index (χ1) is 13.3. The highest BCUT2D eigenvalue weighted by Gasteiger charge is 2.11. The third kappa shape index (κ3) is 3.72. The first-order valence-electron chi connectivity index (χ1n) is 9.16. The summed E-state index contributed by atoms with van der Waals surface area (Å²) in [6.07, 6.45) is 5.78. The Hall–Kier alpha value is -3.46. The minimum Gasteiger partial charge on any atom is -0.326 e. The van der Waals surface area contributed by atoms with E-state index in [2.05, 4.69) is 65.3 Å². The maximum atomic E-state index is 4.85. The van der Waals surface area contributed by atoms with Gasteiger partial charge in [-0.2, -0.15) is 0 Å². The number of nitrogens with zero attached hydrogens (tertiary/aromatic N) is 3. The summed E-state index contributed by atoms with van der Waals surface area (Å²) < 4.78 is 0. The first kappa shape index (κ1) is 17.0. The van der Waals surface area contributed by atoms with Crippen LogP contribution in [0.3, 0.4) is 0 Å². The third-order valence-corrected chi connectivity index (χ3v) is 4.52. The molecule has 2 aromatic heterocycles. The van der Waals surface area contributed by atoms with Crippen molar-refractivity contribution < 1.29 is 0 Å². The summed E-state index contributed by atoms with van der Waals surface area (Å²) in [5.41, 5.74) is 3.01.